The average molecular weight is 470 g/mol. The van der Waals surface area contributed by atoms with Crippen molar-refractivity contribution in [2.24, 2.45) is 0 Å². The van der Waals surface area contributed by atoms with Gasteiger partial charge in [-0.3, -0.25) is 4.57 Å². The molecule has 35 heavy (non-hydrogen) atoms. The highest BCUT2D eigenvalue weighted by Gasteiger charge is 2.21. The molecule has 0 bridgehead atoms. The van der Waals surface area contributed by atoms with Crippen LogP contribution in [0.1, 0.15) is 0 Å². The Morgan fingerprint density at radius 1 is 0.971 bits per heavy atom. The van der Waals surface area contributed by atoms with Crippen LogP contribution < -0.4 is 26.2 Å². The Labute approximate surface area is 198 Å². The Kier molecular flexibility index (Phi) is 4.84. The van der Waals surface area contributed by atoms with Crippen molar-refractivity contribution in [1.29, 1.82) is 0 Å². The fraction of sp³-hybridized carbons (Fsp3) is 0.0800. The van der Waals surface area contributed by atoms with Crippen LogP contribution >= 0.6 is 0 Å². The van der Waals surface area contributed by atoms with Crippen LogP contribution in [0.25, 0.3) is 22.5 Å². The summed E-state index contributed by atoms with van der Waals surface area (Å²) in [5.74, 6) is 1.36. The molecule has 2 aromatic heterocycles. The lowest BCUT2D eigenvalue weighted by atomic mass is 10.2. The van der Waals surface area contributed by atoms with Crippen LogP contribution in [0.5, 0.6) is 17.2 Å². The van der Waals surface area contributed by atoms with Crippen molar-refractivity contribution in [3.63, 3.8) is 0 Å². The van der Waals surface area contributed by atoms with E-state index in [9.17, 15) is 9.18 Å². The second-order valence-corrected chi connectivity index (χ2v) is 7.89. The predicted octanol–water partition coefficient (Wildman–Crippen LogP) is 3.89. The molecule has 0 aliphatic carbocycles. The number of nitrogen functional groups attached to an aromatic ring is 1. The average Bonchev–Trinajstić information content (AvgIpc) is 3.17. The zero-order chi connectivity index (χ0) is 23.9. The van der Waals surface area contributed by atoms with Crippen molar-refractivity contribution >= 4 is 22.7 Å². The van der Waals surface area contributed by atoms with Crippen molar-refractivity contribution in [3.05, 3.63) is 89.4 Å². The highest BCUT2D eigenvalue weighted by Crippen LogP contribution is 2.31. The van der Waals surface area contributed by atoms with E-state index in [0.717, 1.165) is 11.4 Å². The number of hydrogen-bond donors (Lipinski definition) is 2. The minimum absolute atomic E-state index is 0.172. The molecule has 1 aliphatic rings. The molecule has 6 rings (SSSR count). The molecular formula is C25H19FN6O3. The summed E-state index contributed by atoms with van der Waals surface area (Å²) < 4.78 is 27.8. The van der Waals surface area contributed by atoms with Gasteiger partial charge < -0.3 is 20.5 Å². The minimum atomic E-state index is -0.391. The predicted molar refractivity (Wildman–Crippen MR) is 129 cm³/mol. The quantitative estimate of drug-likeness (QED) is 0.410. The zero-order valence-corrected chi connectivity index (χ0v) is 18.3. The SMILES string of the molecule is Nc1ncnc2c1n(-c1ccc(Oc3cccc(F)c3)cc1)c(=O)n2-c1ccc2c(c1)NCCO2. The van der Waals surface area contributed by atoms with Gasteiger partial charge in [0.25, 0.3) is 0 Å². The number of nitrogens with one attached hydrogen (secondary N) is 1. The summed E-state index contributed by atoms with van der Waals surface area (Å²) in [6.07, 6.45) is 1.33. The van der Waals surface area contributed by atoms with Crippen molar-refractivity contribution in [2.45, 2.75) is 0 Å². The summed E-state index contributed by atoms with van der Waals surface area (Å²) >= 11 is 0. The van der Waals surface area contributed by atoms with Crippen LogP contribution in [-0.2, 0) is 0 Å². The molecule has 3 aromatic carbocycles. The summed E-state index contributed by atoms with van der Waals surface area (Å²) in [6, 6.07) is 18.1. The fourth-order valence-corrected chi connectivity index (χ4v) is 4.12. The third kappa shape index (κ3) is 3.61. The van der Waals surface area contributed by atoms with E-state index < -0.39 is 5.82 Å². The van der Waals surface area contributed by atoms with Crippen molar-refractivity contribution in [1.82, 2.24) is 19.1 Å². The monoisotopic (exact) mass is 470 g/mol. The van der Waals surface area contributed by atoms with Crippen molar-refractivity contribution < 1.29 is 13.9 Å². The first-order chi connectivity index (χ1) is 17.1. The molecule has 0 amide bonds. The summed E-state index contributed by atoms with van der Waals surface area (Å²) in [5, 5.41) is 3.28. The number of fused-ring (bicyclic) bond motifs is 2. The lowest BCUT2D eigenvalue weighted by Crippen LogP contribution is -2.23. The highest BCUT2D eigenvalue weighted by atomic mass is 19.1. The van der Waals surface area contributed by atoms with Crippen LogP contribution in [-0.4, -0.2) is 32.3 Å². The first-order valence-electron chi connectivity index (χ1n) is 10.9. The zero-order valence-electron chi connectivity index (χ0n) is 18.3. The van der Waals surface area contributed by atoms with Gasteiger partial charge in [0.1, 0.15) is 41.5 Å². The van der Waals surface area contributed by atoms with E-state index in [1.807, 2.05) is 12.1 Å². The number of rotatable bonds is 4. The molecule has 0 unspecified atom stereocenters. The van der Waals surface area contributed by atoms with Gasteiger partial charge in [-0.05, 0) is 54.6 Å². The van der Waals surface area contributed by atoms with E-state index >= 15 is 0 Å². The van der Waals surface area contributed by atoms with Crippen LogP contribution in [0, 0.1) is 5.82 Å². The first-order valence-corrected chi connectivity index (χ1v) is 10.9. The molecule has 0 atom stereocenters. The van der Waals surface area contributed by atoms with Gasteiger partial charge in [-0.25, -0.2) is 23.7 Å². The number of ether oxygens (including phenoxy) is 2. The molecule has 0 saturated heterocycles. The van der Waals surface area contributed by atoms with Gasteiger partial charge in [-0.15, -0.1) is 0 Å². The molecule has 0 fully saturated rings. The normalized spacial score (nSPS) is 12.6. The molecule has 0 saturated carbocycles. The number of nitrogens with two attached hydrogens (primary N) is 1. The maximum atomic E-state index is 13.7. The van der Waals surface area contributed by atoms with Gasteiger partial charge in [-0.1, -0.05) is 6.07 Å². The molecule has 3 heterocycles. The Bertz CT molecular complexity index is 1630. The molecule has 1 aliphatic heterocycles. The third-order valence-corrected chi connectivity index (χ3v) is 5.67. The highest BCUT2D eigenvalue weighted by molar-refractivity contribution is 5.85. The smallest absolute Gasteiger partial charge is 0.339 e. The summed E-state index contributed by atoms with van der Waals surface area (Å²) in [7, 11) is 0. The second kappa shape index (κ2) is 8.17. The fourth-order valence-electron chi connectivity index (χ4n) is 4.12. The van der Waals surface area contributed by atoms with Crippen molar-refractivity contribution in [2.75, 3.05) is 24.2 Å². The van der Waals surface area contributed by atoms with E-state index in [4.69, 9.17) is 15.2 Å². The van der Waals surface area contributed by atoms with Gasteiger partial charge in [0.2, 0.25) is 0 Å². The second-order valence-electron chi connectivity index (χ2n) is 7.89. The summed E-state index contributed by atoms with van der Waals surface area (Å²) in [5.41, 5.74) is 8.55. The van der Waals surface area contributed by atoms with Crippen LogP contribution in [0.3, 0.4) is 0 Å². The lowest BCUT2D eigenvalue weighted by molar-refractivity contribution is 0.323. The number of halogens is 1. The van der Waals surface area contributed by atoms with Crippen LogP contribution in [0.4, 0.5) is 15.9 Å². The number of nitrogens with zero attached hydrogens (tertiary/aromatic N) is 4. The molecule has 3 N–H and O–H groups in total. The Morgan fingerprint density at radius 2 is 1.80 bits per heavy atom. The number of hydrogen-bond acceptors (Lipinski definition) is 7. The Balaban J connectivity index is 1.46. The lowest BCUT2D eigenvalue weighted by Gasteiger charge is -2.19. The van der Waals surface area contributed by atoms with E-state index in [2.05, 4.69) is 15.3 Å². The molecule has 10 heteroatoms. The van der Waals surface area contributed by atoms with E-state index in [1.165, 1.54) is 27.6 Å². The molecule has 0 radical (unpaired) electrons. The number of aromatic nitrogens is 4. The maximum Gasteiger partial charge on any atom is 0.339 e. The van der Waals surface area contributed by atoms with Gasteiger partial charge in [-0.2, -0.15) is 0 Å². The van der Waals surface area contributed by atoms with E-state index in [0.29, 0.717) is 47.2 Å². The molecule has 174 valence electrons. The number of anilines is 2. The Morgan fingerprint density at radius 3 is 2.63 bits per heavy atom. The molecule has 9 nitrogen and oxygen atoms in total. The largest absolute Gasteiger partial charge is 0.490 e. The molecule has 5 aromatic rings. The third-order valence-electron chi connectivity index (χ3n) is 5.67. The molecular weight excluding hydrogens is 451 g/mol. The Hall–Kier alpha value is -4.86. The molecule has 0 spiro atoms. The van der Waals surface area contributed by atoms with Gasteiger partial charge in [0.05, 0.1) is 17.1 Å². The van der Waals surface area contributed by atoms with Crippen LogP contribution in [0.2, 0.25) is 0 Å². The number of benzene rings is 3. The van der Waals surface area contributed by atoms with Gasteiger partial charge in [0.15, 0.2) is 11.5 Å². The number of imidazole rings is 1. The summed E-state index contributed by atoms with van der Waals surface area (Å²) in [6.45, 7) is 1.25. The van der Waals surface area contributed by atoms with E-state index in [1.54, 1.807) is 42.5 Å². The van der Waals surface area contributed by atoms with Crippen LogP contribution in [0.15, 0.2) is 77.9 Å². The minimum Gasteiger partial charge on any atom is -0.490 e. The van der Waals surface area contributed by atoms with Gasteiger partial charge in [0, 0.05) is 12.6 Å². The topological polar surface area (TPSA) is 109 Å². The van der Waals surface area contributed by atoms with Gasteiger partial charge >= 0.3 is 5.69 Å². The van der Waals surface area contributed by atoms with Crippen molar-refractivity contribution in [3.8, 4) is 28.6 Å². The first kappa shape index (κ1) is 20.7. The summed E-state index contributed by atoms with van der Waals surface area (Å²) in [4.78, 5) is 22.2. The van der Waals surface area contributed by atoms with E-state index in [-0.39, 0.29) is 11.5 Å². The standard InChI is InChI=1S/C25H19FN6O3/c26-15-2-1-3-19(12-15)35-18-7-4-16(5-8-18)31-22-23(27)29-14-30-24(22)32(25(31)33)17-6-9-21-20(13-17)28-10-11-34-21/h1-9,12-14,28H,10-11H2,(H2,27,29,30). The maximum absolute atomic E-state index is 13.7.